The van der Waals surface area contributed by atoms with Crippen LogP contribution in [0.25, 0.3) is 0 Å². The molecule has 124 valence electrons. The zero-order chi connectivity index (χ0) is 16.7. The molecule has 1 amide bonds. The first-order chi connectivity index (χ1) is 10.1. The van der Waals surface area contributed by atoms with E-state index >= 15 is 0 Å². The third-order valence-electron chi connectivity index (χ3n) is 4.24. The second-order valence-corrected chi connectivity index (χ2v) is 11.2. The molecule has 0 aromatic carbocycles. The van der Waals surface area contributed by atoms with Crippen molar-refractivity contribution in [1.29, 1.82) is 0 Å². The first-order valence-electron chi connectivity index (χ1n) is 7.47. The average Bonchev–Trinajstić information content (AvgIpc) is 2.68. The molecule has 0 radical (unpaired) electrons. The molecule has 0 aromatic rings. The van der Waals surface area contributed by atoms with Gasteiger partial charge in [0.25, 0.3) is 5.91 Å². The van der Waals surface area contributed by atoms with Gasteiger partial charge in [-0.3, -0.25) is 4.79 Å². The van der Waals surface area contributed by atoms with E-state index in [4.69, 9.17) is 4.74 Å². The summed E-state index contributed by atoms with van der Waals surface area (Å²) >= 11 is 0. The average molecular weight is 327 g/mol. The molecule has 0 spiro atoms. The second kappa shape index (κ2) is 6.32. The van der Waals surface area contributed by atoms with Crippen LogP contribution >= 0.6 is 6.89 Å². The molecule has 3 N–H and O–H groups in total. The van der Waals surface area contributed by atoms with E-state index in [1.165, 1.54) is 0 Å². The summed E-state index contributed by atoms with van der Waals surface area (Å²) in [5, 5.41) is 23.2. The van der Waals surface area contributed by atoms with Crippen LogP contribution in [0.1, 0.15) is 13.3 Å². The van der Waals surface area contributed by atoms with E-state index < -0.39 is 31.3 Å². The molecule has 2 aliphatic heterocycles. The van der Waals surface area contributed by atoms with Crippen LogP contribution in [0.4, 0.5) is 0 Å². The van der Waals surface area contributed by atoms with Gasteiger partial charge in [0, 0.05) is 17.2 Å². The molecule has 2 aliphatic rings. The zero-order valence-electron chi connectivity index (χ0n) is 13.5. The second-order valence-electron chi connectivity index (χ2n) is 6.92. The van der Waals surface area contributed by atoms with Gasteiger partial charge in [0.15, 0.2) is 0 Å². The lowest BCUT2D eigenvalue weighted by Gasteiger charge is -2.29. The van der Waals surface area contributed by atoms with Crippen LogP contribution in [0, 0.1) is 5.92 Å². The Morgan fingerprint density at radius 1 is 1.36 bits per heavy atom. The third kappa shape index (κ3) is 3.72. The van der Waals surface area contributed by atoms with Crippen molar-refractivity contribution < 1.29 is 19.7 Å². The van der Waals surface area contributed by atoms with Crippen LogP contribution in [0.3, 0.4) is 0 Å². The van der Waals surface area contributed by atoms with Gasteiger partial charge in [0.2, 0.25) is 0 Å². The summed E-state index contributed by atoms with van der Waals surface area (Å²) in [6.45, 7) is 8.61. The molecule has 5 nitrogen and oxygen atoms in total. The SMILES string of the molecule is C=C1NC(=O)C(C)=CC1C1OC(CCP(=C)(C)C)C(O)C1O. The van der Waals surface area contributed by atoms with Crippen LogP contribution < -0.4 is 5.32 Å². The smallest absolute Gasteiger partial charge is 0.250 e. The fourth-order valence-electron chi connectivity index (χ4n) is 2.86. The number of hydrogen-bond acceptors (Lipinski definition) is 4. The number of carbonyl (C=O) groups excluding carboxylic acids is 1. The van der Waals surface area contributed by atoms with Gasteiger partial charge in [-0.25, -0.2) is 0 Å². The number of hydrogen-bond donors (Lipinski definition) is 3. The number of aliphatic hydroxyl groups is 2. The predicted molar refractivity (Wildman–Crippen MR) is 90.6 cm³/mol. The van der Waals surface area contributed by atoms with Crippen molar-refractivity contribution in [1.82, 2.24) is 5.32 Å². The molecule has 2 heterocycles. The highest BCUT2D eigenvalue weighted by Crippen LogP contribution is 2.39. The molecule has 1 fully saturated rings. The van der Waals surface area contributed by atoms with Crippen LogP contribution in [-0.4, -0.2) is 66.3 Å². The van der Waals surface area contributed by atoms with Crippen molar-refractivity contribution in [2.75, 3.05) is 19.5 Å². The molecule has 0 saturated carbocycles. The van der Waals surface area contributed by atoms with Gasteiger partial charge < -0.3 is 20.3 Å². The van der Waals surface area contributed by atoms with Crippen molar-refractivity contribution in [3.8, 4) is 0 Å². The highest BCUT2D eigenvalue weighted by molar-refractivity contribution is 7.72. The zero-order valence-corrected chi connectivity index (χ0v) is 14.3. The van der Waals surface area contributed by atoms with Crippen molar-refractivity contribution in [2.45, 2.75) is 37.8 Å². The Bertz CT molecular complexity index is 550. The quantitative estimate of drug-likeness (QED) is 0.667. The monoisotopic (exact) mass is 327 g/mol. The molecule has 22 heavy (non-hydrogen) atoms. The molecule has 5 unspecified atom stereocenters. The van der Waals surface area contributed by atoms with Crippen molar-refractivity contribution in [2.24, 2.45) is 5.92 Å². The number of ether oxygens (including phenoxy) is 1. The van der Waals surface area contributed by atoms with Gasteiger partial charge in [-0.05, 0) is 32.8 Å². The van der Waals surface area contributed by atoms with Crippen molar-refractivity contribution in [3.05, 3.63) is 23.9 Å². The van der Waals surface area contributed by atoms with Gasteiger partial charge in [0.1, 0.15) is 12.2 Å². The first kappa shape index (κ1) is 17.5. The van der Waals surface area contributed by atoms with Crippen LogP contribution in [-0.2, 0) is 9.53 Å². The Kier molecular flexibility index (Phi) is 5.03. The summed E-state index contributed by atoms with van der Waals surface area (Å²) in [7, 11) is 0. The fraction of sp³-hybridized carbons (Fsp3) is 0.625. The predicted octanol–water partition coefficient (Wildman–Crippen LogP) is 0.781. The number of aliphatic hydroxyl groups excluding tert-OH is 2. The number of nitrogens with one attached hydrogen (secondary N) is 1. The first-order valence-corrected chi connectivity index (χ1v) is 10.5. The van der Waals surface area contributed by atoms with Crippen molar-refractivity contribution in [3.63, 3.8) is 0 Å². The molecule has 2 rings (SSSR count). The van der Waals surface area contributed by atoms with E-state index in [9.17, 15) is 15.0 Å². The van der Waals surface area contributed by atoms with Crippen LogP contribution in [0.2, 0.25) is 0 Å². The Morgan fingerprint density at radius 3 is 2.59 bits per heavy atom. The Labute approximate surface area is 132 Å². The lowest BCUT2D eigenvalue weighted by molar-refractivity contribution is -0.117. The van der Waals surface area contributed by atoms with E-state index in [0.29, 0.717) is 17.7 Å². The summed E-state index contributed by atoms with van der Waals surface area (Å²) in [6.07, 6.45) is 4.57. The highest BCUT2D eigenvalue weighted by Gasteiger charge is 2.46. The molecular weight excluding hydrogens is 301 g/mol. The molecule has 0 bridgehead atoms. The Balaban J connectivity index is 2.11. The Hall–Kier alpha value is -0.870. The van der Waals surface area contributed by atoms with Gasteiger partial charge in [-0.15, -0.1) is 13.2 Å². The van der Waals surface area contributed by atoms with E-state index in [-0.39, 0.29) is 11.8 Å². The minimum atomic E-state index is -1.21. The summed E-state index contributed by atoms with van der Waals surface area (Å²) in [6, 6.07) is 0. The summed E-state index contributed by atoms with van der Waals surface area (Å²) < 4.78 is 5.91. The maximum atomic E-state index is 11.6. The fourth-order valence-corrected chi connectivity index (χ4v) is 3.81. The molecular formula is C16H26NO4P. The lowest BCUT2D eigenvalue weighted by atomic mass is 9.89. The van der Waals surface area contributed by atoms with E-state index in [0.717, 1.165) is 6.16 Å². The molecule has 6 heteroatoms. The van der Waals surface area contributed by atoms with E-state index in [2.05, 4.69) is 31.5 Å². The third-order valence-corrected chi connectivity index (χ3v) is 5.71. The normalized spacial score (nSPS) is 36.2. The largest absolute Gasteiger partial charge is 0.388 e. The van der Waals surface area contributed by atoms with Gasteiger partial charge in [-0.2, -0.15) is 0 Å². The molecule has 0 aromatic heterocycles. The number of amides is 1. The molecule has 5 atom stereocenters. The standard InChI is InChI=1S/C16H26NO4P/c1-9-8-11(10(2)17-16(9)20)15-14(19)13(18)12(21-15)6-7-22(3,4)5/h8,11-15,18-19H,2-3,6-7H2,1,4-5H3,(H,17,20). The minimum absolute atomic E-state index is 0.186. The minimum Gasteiger partial charge on any atom is -0.388 e. The molecule has 1 saturated heterocycles. The van der Waals surface area contributed by atoms with Crippen molar-refractivity contribution >= 4 is 19.1 Å². The van der Waals surface area contributed by atoms with E-state index in [1.54, 1.807) is 13.0 Å². The number of carbonyl (C=O) groups is 1. The summed E-state index contributed by atoms with van der Waals surface area (Å²) in [5.74, 6) is -0.510. The Morgan fingerprint density at radius 2 is 2.00 bits per heavy atom. The van der Waals surface area contributed by atoms with Crippen LogP contribution in [0.5, 0.6) is 0 Å². The number of rotatable bonds is 4. The summed E-state index contributed by atoms with van der Waals surface area (Å²) in [4.78, 5) is 11.6. The lowest BCUT2D eigenvalue weighted by Crippen LogP contribution is -2.41. The van der Waals surface area contributed by atoms with E-state index in [1.807, 2.05) is 0 Å². The van der Waals surface area contributed by atoms with Crippen LogP contribution in [0.15, 0.2) is 23.9 Å². The van der Waals surface area contributed by atoms with Gasteiger partial charge >= 0.3 is 0 Å². The topological polar surface area (TPSA) is 78.8 Å². The highest BCUT2D eigenvalue weighted by atomic mass is 31.2. The maximum Gasteiger partial charge on any atom is 0.250 e. The van der Waals surface area contributed by atoms with Gasteiger partial charge in [0.05, 0.1) is 12.2 Å². The maximum absolute atomic E-state index is 11.6. The van der Waals surface area contributed by atoms with Gasteiger partial charge in [-0.1, -0.05) is 12.7 Å². The molecule has 0 aliphatic carbocycles. The summed E-state index contributed by atoms with van der Waals surface area (Å²) in [5.41, 5.74) is 1.06.